The molecule has 0 atom stereocenters. The van der Waals surface area contributed by atoms with Gasteiger partial charge in [0.1, 0.15) is 0 Å². The molecule has 0 bridgehead atoms. The minimum absolute atomic E-state index is 0.0898. The molecule has 8 heteroatoms. The summed E-state index contributed by atoms with van der Waals surface area (Å²) in [6.07, 6.45) is 1.34. The quantitative estimate of drug-likeness (QED) is 0.797. The van der Waals surface area contributed by atoms with Crippen LogP contribution < -0.4 is 5.56 Å². The van der Waals surface area contributed by atoms with E-state index >= 15 is 0 Å². The summed E-state index contributed by atoms with van der Waals surface area (Å²) in [5.74, 6) is 0.497. The monoisotopic (exact) mass is 325 g/mol. The molecule has 22 heavy (non-hydrogen) atoms. The molecule has 2 heterocycles. The fourth-order valence-electron chi connectivity index (χ4n) is 2.16. The highest BCUT2D eigenvalue weighted by Gasteiger charge is 2.22. The van der Waals surface area contributed by atoms with Crippen molar-refractivity contribution in [2.45, 2.75) is 32.2 Å². The smallest absolute Gasteiger partial charge is 0.251 e. The molecule has 0 aromatic carbocycles. The lowest BCUT2D eigenvalue weighted by Crippen LogP contribution is -2.32. The number of aromatic nitrogens is 2. The zero-order valence-corrected chi connectivity index (χ0v) is 13.6. The van der Waals surface area contributed by atoms with Gasteiger partial charge in [0.05, 0.1) is 17.1 Å². The van der Waals surface area contributed by atoms with E-state index < -0.39 is 10.0 Å². The summed E-state index contributed by atoms with van der Waals surface area (Å²) >= 11 is 0. The average molecular weight is 325 g/mol. The fraction of sp³-hybridized carbons (Fsp3) is 0.429. The average Bonchev–Trinajstić information content (AvgIpc) is 2.87. The van der Waals surface area contributed by atoms with Crippen molar-refractivity contribution in [2.24, 2.45) is 0 Å². The Balaban J connectivity index is 2.40. The van der Waals surface area contributed by atoms with E-state index in [1.165, 1.54) is 27.2 Å². The van der Waals surface area contributed by atoms with E-state index in [4.69, 9.17) is 4.52 Å². The maximum absolute atomic E-state index is 12.5. The van der Waals surface area contributed by atoms with Crippen LogP contribution in [0.4, 0.5) is 0 Å². The molecule has 0 radical (unpaired) electrons. The Morgan fingerprint density at radius 2 is 1.95 bits per heavy atom. The largest absolute Gasteiger partial charge is 0.359 e. The van der Waals surface area contributed by atoms with E-state index in [1.54, 1.807) is 26.8 Å². The molecular formula is C14H19N3O4S. The Morgan fingerprint density at radius 3 is 2.50 bits per heavy atom. The first-order valence-electron chi connectivity index (χ1n) is 7.01. The highest BCUT2D eigenvalue weighted by molar-refractivity contribution is 7.89. The number of hydrogen-bond donors (Lipinski definition) is 0. The lowest BCUT2D eigenvalue weighted by Gasteiger charge is -2.18. The third-order valence-electron chi connectivity index (χ3n) is 3.30. The van der Waals surface area contributed by atoms with Crippen LogP contribution >= 0.6 is 0 Å². The van der Waals surface area contributed by atoms with Crippen LogP contribution in [-0.2, 0) is 16.6 Å². The van der Waals surface area contributed by atoms with E-state index in [-0.39, 0.29) is 17.0 Å². The van der Waals surface area contributed by atoms with Gasteiger partial charge in [-0.1, -0.05) is 19.0 Å². The normalized spacial score (nSPS) is 12.0. The molecule has 2 rings (SSSR count). The van der Waals surface area contributed by atoms with Gasteiger partial charge in [0.2, 0.25) is 10.0 Å². The zero-order chi connectivity index (χ0) is 16.3. The summed E-state index contributed by atoms with van der Waals surface area (Å²) in [5, 5.41) is 3.75. The summed E-state index contributed by atoms with van der Waals surface area (Å²) < 4.78 is 32.7. The first-order valence-corrected chi connectivity index (χ1v) is 8.45. The molecule has 0 fully saturated rings. The summed E-state index contributed by atoms with van der Waals surface area (Å²) in [6, 6.07) is 4.29. The van der Waals surface area contributed by atoms with Crippen molar-refractivity contribution in [2.75, 3.05) is 13.1 Å². The highest BCUT2D eigenvalue weighted by atomic mass is 32.2. The van der Waals surface area contributed by atoms with Gasteiger partial charge >= 0.3 is 0 Å². The Kier molecular flexibility index (Phi) is 4.82. The third-order valence-corrected chi connectivity index (χ3v) is 5.34. The standard InChI is InChI=1S/C14H19N3O4S/c1-4-17(5-2)22(19,20)13-6-7-14(18)16(10-13)9-12-8-11(3)15-21-12/h6-8,10H,4-5,9H2,1-3H3. The van der Waals surface area contributed by atoms with Crippen molar-refractivity contribution in [3.8, 4) is 0 Å². The van der Waals surface area contributed by atoms with Crippen molar-refractivity contribution in [3.05, 3.63) is 46.2 Å². The number of nitrogens with zero attached hydrogens (tertiary/aromatic N) is 3. The molecule has 120 valence electrons. The van der Waals surface area contributed by atoms with E-state index in [0.717, 1.165) is 0 Å². The van der Waals surface area contributed by atoms with Crippen LogP contribution in [0.1, 0.15) is 25.3 Å². The van der Waals surface area contributed by atoms with Gasteiger partial charge in [-0.25, -0.2) is 8.42 Å². The molecule has 0 N–H and O–H groups in total. The molecule has 0 unspecified atom stereocenters. The van der Waals surface area contributed by atoms with E-state index in [0.29, 0.717) is 24.5 Å². The second-order valence-corrected chi connectivity index (χ2v) is 6.79. The number of aryl methyl sites for hydroxylation is 1. The predicted octanol–water partition coefficient (Wildman–Crippen LogP) is 1.22. The molecular weight excluding hydrogens is 306 g/mol. The Morgan fingerprint density at radius 1 is 1.27 bits per heavy atom. The number of rotatable bonds is 6. The zero-order valence-electron chi connectivity index (χ0n) is 12.8. The van der Waals surface area contributed by atoms with Gasteiger partial charge in [-0.2, -0.15) is 4.31 Å². The van der Waals surface area contributed by atoms with Crippen molar-refractivity contribution < 1.29 is 12.9 Å². The molecule has 0 saturated carbocycles. The molecule has 7 nitrogen and oxygen atoms in total. The van der Waals surface area contributed by atoms with Gasteiger partial charge < -0.3 is 9.09 Å². The molecule has 2 aromatic heterocycles. The van der Waals surface area contributed by atoms with E-state index in [1.807, 2.05) is 0 Å². The van der Waals surface area contributed by atoms with Gasteiger partial charge in [0.15, 0.2) is 5.76 Å². The second-order valence-electron chi connectivity index (χ2n) is 4.85. The topological polar surface area (TPSA) is 85.4 Å². The maximum atomic E-state index is 12.5. The van der Waals surface area contributed by atoms with E-state index in [2.05, 4.69) is 5.16 Å². The van der Waals surface area contributed by atoms with Gasteiger partial charge in [-0.3, -0.25) is 4.79 Å². The molecule has 0 aliphatic carbocycles. The Bertz CT molecular complexity index is 803. The van der Waals surface area contributed by atoms with Crippen LogP contribution in [0, 0.1) is 6.92 Å². The van der Waals surface area contributed by atoms with Crippen LogP contribution in [0.3, 0.4) is 0 Å². The molecule has 0 spiro atoms. The number of sulfonamides is 1. The summed E-state index contributed by atoms with van der Waals surface area (Å²) in [5.41, 5.74) is 0.405. The second kappa shape index (κ2) is 6.45. The SMILES string of the molecule is CCN(CC)S(=O)(=O)c1ccc(=O)n(Cc2cc(C)no2)c1. The molecule has 2 aromatic rings. The van der Waals surface area contributed by atoms with Crippen LogP contribution in [0.2, 0.25) is 0 Å². The molecule has 0 saturated heterocycles. The van der Waals surface area contributed by atoms with Gasteiger partial charge in [0, 0.05) is 31.4 Å². The van der Waals surface area contributed by atoms with Crippen LogP contribution in [0.25, 0.3) is 0 Å². The van der Waals surface area contributed by atoms with Crippen molar-refractivity contribution >= 4 is 10.0 Å². The molecule has 0 aliphatic rings. The summed E-state index contributed by atoms with van der Waals surface area (Å²) in [6.45, 7) is 6.21. The van der Waals surface area contributed by atoms with Gasteiger partial charge in [-0.15, -0.1) is 0 Å². The lowest BCUT2D eigenvalue weighted by molar-refractivity contribution is 0.371. The van der Waals surface area contributed by atoms with Crippen molar-refractivity contribution in [1.29, 1.82) is 0 Å². The Hall–Kier alpha value is -1.93. The van der Waals surface area contributed by atoms with Crippen molar-refractivity contribution in [3.63, 3.8) is 0 Å². The fourth-order valence-corrected chi connectivity index (χ4v) is 3.64. The van der Waals surface area contributed by atoms with Crippen molar-refractivity contribution in [1.82, 2.24) is 14.0 Å². The van der Waals surface area contributed by atoms with Crippen LogP contribution in [0.15, 0.2) is 38.6 Å². The van der Waals surface area contributed by atoms with E-state index in [9.17, 15) is 13.2 Å². The maximum Gasteiger partial charge on any atom is 0.251 e. The summed E-state index contributed by atoms with van der Waals surface area (Å²) in [7, 11) is -3.60. The van der Waals surface area contributed by atoms with Gasteiger partial charge in [0.25, 0.3) is 5.56 Å². The number of pyridine rings is 1. The van der Waals surface area contributed by atoms with Crippen LogP contribution in [0.5, 0.6) is 0 Å². The molecule has 0 aliphatic heterocycles. The number of hydrogen-bond acceptors (Lipinski definition) is 5. The first kappa shape index (κ1) is 16.4. The first-order chi connectivity index (χ1) is 10.4. The highest BCUT2D eigenvalue weighted by Crippen LogP contribution is 2.14. The molecule has 0 amide bonds. The summed E-state index contributed by atoms with van der Waals surface area (Å²) in [4.78, 5) is 12.0. The minimum atomic E-state index is -3.60. The minimum Gasteiger partial charge on any atom is -0.359 e. The Labute approximate surface area is 129 Å². The van der Waals surface area contributed by atoms with Gasteiger partial charge in [-0.05, 0) is 13.0 Å². The lowest BCUT2D eigenvalue weighted by atomic mass is 10.3. The third kappa shape index (κ3) is 3.28. The predicted molar refractivity (Wildman–Crippen MR) is 81.2 cm³/mol. The van der Waals surface area contributed by atoms with Crippen LogP contribution in [-0.4, -0.2) is 35.5 Å².